The normalized spacial score (nSPS) is 27.7. The maximum Gasteiger partial charge on any atom is 0.220 e. The standard InChI is InChI=1S/C13H17BrN2OS/c14-12-6-9-10(2-1-3-11(9)18-12)16-8-4-5-13(17)15-7-8/h6,8,10,16H,1-5,7H2,(H,15,17). The van der Waals surface area contributed by atoms with E-state index in [0.29, 0.717) is 18.5 Å². The molecule has 2 atom stereocenters. The summed E-state index contributed by atoms with van der Waals surface area (Å²) in [6.45, 7) is 0.774. The van der Waals surface area contributed by atoms with Crippen molar-refractivity contribution in [3.8, 4) is 0 Å². The SMILES string of the molecule is O=C1CCC(NC2CCCc3sc(Br)cc32)CN1. The zero-order valence-corrected chi connectivity index (χ0v) is 12.6. The van der Waals surface area contributed by atoms with Gasteiger partial charge in [0.05, 0.1) is 3.79 Å². The van der Waals surface area contributed by atoms with Crippen LogP contribution in [0, 0.1) is 0 Å². The Morgan fingerprint density at radius 1 is 1.39 bits per heavy atom. The molecular formula is C13H17BrN2OS. The van der Waals surface area contributed by atoms with Gasteiger partial charge in [0.15, 0.2) is 0 Å². The first-order valence-corrected chi connectivity index (χ1v) is 8.14. The number of aryl methyl sites for hydroxylation is 1. The van der Waals surface area contributed by atoms with Crippen LogP contribution in [-0.4, -0.2) is 18.5 Å². The summed E-state index contributed by atoms with van der Waals surface area (Å²) < 4.78 is 1.23. The van der Waals surface area contributed by atoms with E-state index in [1.54, 1.807) is 0 Å². The average Bonchev–Trinajstić information content (AvgIpc) is 2.73. The third-order valence-electron chi connectivity index (χ3n) is 3.79. The largest absolute Gasteiger partial charge is 0.355 e. The topological polar surface area (TPSA) is 41.1 Å². The molecule has 1 fully saturated rings. The van der Waals surface area contributed by atoms with E-state index < -0.39 is 0 Å². The molecule has 0 bridgehead atoms. The summed E-state index contributed by atoms with van der Waals surface area (Å²) in [6, 6.07) is 3.16. The van der Waals surface area contributed by atoms with Crippen molar-refractivity contribution in [2.45, 2.75) is 44.2 Å². The minimum atomic E-state index is 0.190. The lowest BCUT2D eigenvalue weighted by Gasteiger charge is -2.31. The average molecular weight is 329 g/mol. The molecule has 0 saturated carbocycles. The van der Waals surface area contributed by atoms with Gasteiger partial charge in [-0.1, -0.05) is 0 Å². The molecule has 18 heavy (non-hydrogen) atoms. The lowest BCUT2D eigenvalue weighted by molar-refractivity contribution is -0.122. The van der Waals surface area contributed by atoms with Gasteiger partial charge in [0.2, 0.25) is 5.91 Å². The fourth-order valence-electron chi connectivity index (χ4n) is 2.85. The van der Waals surface area contributed by atoms with E-state index in [0.717, 1.165) is 13.0 Å². The Morgan fingerprint density at radius 2 is 2.28 bits per heavy atom. The fraction of sp³-hybridized carbons (Fsp3) is 0.615. The van der Waals surface area contributed by atoms with E-state index in [1.807, 2.05) is 11.3 Å². The molecule has 2 aliphatic rings. The Morgan fingerprint density at radius 3 is 3.06 bits per heavy atom. The highest BCUT2D eigenvalue weighted by Crippen LogP contribution is 2.38. The van der Waals surface area contributed by atoms with Crippen molar-refractivity contribution < 1.29 is 4.79 Å². The van der Waals surface area contributed by atoms with Gasteiger partial charge in [0, 0.05) is 29.9 Å². The highest BCUT2D eigenvalue weighted by atomic mass is 79.9. The van der Waals surface area contributed by atoms with Crippen LogP contribution in [0.1, 0.15) is 42.2 Å². The second kappa shape index (κ2) is 5.31. The van der Waals surface area contributed by atoms with Crippen LogP contribution in [-0.2, 0) is 11.2 Å². The summed E-state index contributed by atoms with van der Waals surface area (Å²) in [5, 5.41) is 6.66. The molecule has 0 aromatic carbocycles. The molecule has 2 unspecified atom stereocenters. The van der Waals surface area contributed by atoms with E-state index in [2.05, 4.69) is 32.6 Å². The zero-order valence-electron chi connectivity index (χ0n) is 10.2. The van der Waals surface area contributed by atoms with Gasteiger partial charge in [-0.25, -0.2) is 0 Å². The van der Waals surface area contributed by atoms with Crippen molar-refractivity contribution in [1.82, 2.24) is 10.6 Å². The number of hydrogen-bond acceptors (Lipinski definition) is 3. The molecule has 1 amide bonds. The van der Waals surface area contributed by atoms with E-state index in [1.165, 1.54) is 33.5 Å². The van der Waals surface area contributed by atoms with Crippen molar-refractivity contribution in [1.29, 1.82) is 0 Å². The molecule has 3 nitrogen and oxygen atoms in total. The predicted molar refractivity (Wildman–Crippen MR) is 76.9 cm³/mol. The van der Waals surface area contributed by atoms with Crippen LogP contribution in [0.15, 0.2) is 9.85 Å². The second-order valence-corrected chi connectivity index (χ2v) is 7.60. The number of nitrogens with one attached hydrogen (secondary N) is 2. The van der Waals surface area contributed by atoms with Crippen LogP contribution in [0.5, 0.6) is 0 Å². The third-order valence-corrected chi connectivity index (χ3v) is 5.50. The number of hydrogen-bond donors (Lipinski definition) is 2. The Hall–Kier alpha value is -0.390. The molecule has 0 radical (unpaired) electrons. The number of fused-ring (bicyclic) bond motifs is 1. The molecule has 0 spiro atoms. The predicted octanol–water partition coefficient (Wildman–Crippen LogP) is 2.76. The van der Waals surface area contributed by atoms with Gasteiger partial charge in [-0.2, -0.15) is 0 Å². The maximum absolute atomic E-state index is 11.2. The van der Waals surface area contributed by atoms with E-state index in [-0.39, 0.29) is 5.91 Å². The number of amides is 1. The summed E-state index contributed by atoms with van der Waals surface area (Å²) in [6.07, 6.45) is 5.30. The van der Waals surface area contributed by atoms with Crippen LogP contribution in [0.3, 0.4) is 0 Å². The fourth-order valence-corrected chi connectivity index (χ4v) is 4.67. The van der Waals surface area contributed by atoms with Crippen molar-refractivity contribution in [3.63, 3.8) is 0 Å². The number of rotatable bonds is 2. The highest BCUT2D eigenvalue weighted by molar-refractivity contribution is 9.11. The number of carbonyl (C=O) groups excluding carboxylic acids is 1. The van der Waals surface area contributed by atoms with Gasteiger partial charge in [-0.15, -0.1) is 11.3 Å². The van der Waals surface area contributed by atoms with Gasteiger partial charge in [0.25, 0.3) is 0 Å². The van der Waals surface area contributed by atoms with Crippen LogP contribution in [0.4, 0.5) is 0 Å². The van der Waals surface area contributed by atoms with Crippen molar-refractivity contribution in [2.75, 3.05) is 6.54 Å². The second-order valence-electron chi connectivity index (χ2n) is 5.08. The monoisotopic (exact) mass is 328 g/mol. The van der Waals surface area contributed by atoms with Crippen molar-refractivity contribution >= 4 is 33.2 Å². The molecule has 1 aliphatic carbocycles. The summed E-state index contributed by atoms with van der Waals surface area (Å²) in [4.78, 5) is 12.7. The first kappa shape index (κ1) is 12.6. The number of carbonyl (C=O) groups is 1. The van der Waals surface area contributed by atoms with E-state index in [9.17, 15) is 4.79 Å². The number of piperidine rings is 1. The smallest absolute Gasteiger partial charge is 0.220 e. The van der Waals surface area contributed by atoms with Crippen LogP contribution in [0.25, 0.3) is 0 Å². The van der Waals surface area contributed by atoms with Gasteiger partial charge in [-0.05, 0) is 53.2 Å². The summed E-state index contributed by atoms with van der Waals surface area (Å²) >= 11 is 5.45. The van der Waals surface area contributed by atoms with E-state index >= 15 is 0 Å². The molecule has 2 N–H and O–H groups in total. The number of halogens is 1. The van der Waals surface area contributed by atoms with Gasteiger partial charge in [0.1, 0.15) is 0 Å². The zero-order chi connectivity index (χ0) is 12.5. The lowest BCUT2D eigenvalue weighted by Crippen LogP contribution is -2.47. The maximum atomic E-state index is 11.2. The Balaban J connectivity index is 1.68. The highest BCUT2D eigenvalue weighted by Gasteiger charge is 2.26. The molecule has 1 saturated heterocycles. The van der Waals surface area contributed by atoms with Gasteiger partial charge < -0.3 is 10.6 Å². The Labute approximate surface area is 119 Å². The van der Waals surface area contributed by atoms with Crippen molar-refractivity contribution in [2.24, 2.45) is 0 Å². The first-order chi connectivity index (χ1) is 8.72. The number of thiophene rings is 1. The Bertz CT molecular complexity index is 450. The minimum Gasteiger partial charge on any atom is -0.355 e. The quantitative estimate of drug-likeness (QED) is 0.876. The molecule has 3 rings (SSSR count). The lowest BCUT2D eigenvalue weighted by atomic mass is 9.92. The summed E-state index contributed by atoms with van der Waals surface area (Å²) in [5.41, 5.74) is 1.47. The first-order valence-electron chi connectivity index (χ1n) is 6.53. The van der Waals surface area contributed by atoms with Gasteiger partial charge in [-0.3, -0.25) is 4.79 Å². The molecule has 1 aliphatic heterocycles. The molecule has 2 heterocycles. The summed E-state index contributed by atoms with van der Waals surface area (Å²) in [5.74, 6) is 0.190. The van der Waals surface area contributed by atoms with Gasteiger partial charge >= 0.3 is 0 Å². The summed E-state index contributed by atoms with van der Waals surface area (Å²) in [7, 11) is 0. The molecule has 1 aromatic rings. The van der Waals surface area contributed by atoms with E-state index in [4.69, 9.17) is 0 Å². The molecule has 98 valence electrons. The molecular weight excluding hydrogens is 312 g/mol. The minimum absolute atomic E-state index is 0.190. The molecule has 1 aromatic heterocycles. The van der Waals surface area contributed by atoms with Crippen LogP contribution < -0.4 is 10.6 Å². The third kappa shape index (κ3) is 2.63. The van der Waals surface area contributed by atoms with Crippen LogP contribution in [0.2, 0.25) is 0 Å². The molecule has 5 heteroatoms. The Kier molecular flexibility index (Phi) is 3.73. The van der Waals surface area contributed by atoms with Crippen LogP contribution >= 0.6 is 27.3 Å². The van der Waals surface area contributed by atoms with Crippen molar-refractivity contribution in [3.05, 3.63) is 20.3 Å².